The number of carbonyl (C=O) groups is 1. The predicted octanol–water partition coefficient (Wildman–Crippen LogP) is 1.48. The molecule has 0 bridgehead atoms. The minimum Gasteiger partial charge on any atom is -0.469 e. The second-order valence-corrected chi connectivity index (χ2v) is 4.53. The molecule has 0 fully saturated rings. The molecule has 0 aliphatic rings. The second-order valence-electron chi connectivity index (χ2n) is 4.53. The molecule has 0 unspecified atom stereocenters. The number of benzene rings is 2. The summed E-state index contributed by atoms with van der Waals surface area (Å²) < 4.78 is 10.4. The number of hydrogen-bond acceptors (Lipinski definition) is 4. The number of aliphatic hydroxyl groups excluding tert-OH is 1. The quantitative estimate of drug-likeness (QED) is 0.666. The van der Waals surface area contributed by atoms with Crippen molar-refractivity contribution in [2.75, 3.05) is 7.11 Å². The maximum absolute atomic E-state index is 11.3. The summed E-state index contributed by atoms with van der Waals surface area (Å²) in [6.07, 6.45) is 0.183. The fourth-order valence-corrected chi connectivity index (χ4v) is 1.91. The predicted molar refractivity (Wildman–Crippen MR) is 80.0 cm³/mol. The van der Waals surface area contributed by atoms with Crippen LogP contribution < -0.4 is 10.2 Å². The van der Waals surface area contributed by atoms with Crippen LogP contribution in [0.1, 0.15) is 11.1 Å². The van der Waals surface area contributed by atoms with E-state index in [0.717, 1.165) is 5.56 Å². The summed E-state index contributed by atoms with van der Waals surface area (Å²) in [6.45, 7) is -0.164. The Balaban J connectivity index is 2.20. The fraction of sp³-hybridized carbons (Fsp3) is 0.188. The summed E-state index contributed by atoms with van der Waals surface area (Å²) in [5.74, 6) is 0.800. The van der Waals surface area contributed by atoms with Crippen molar-refractivity contribution in [3.63, 3.8) is 0 Å². The lowest BCUT2D eigenvalue weighted by Crippen LogP contribution is -2.05. The third-order valence-corrected chi connectivity index (χ3v) is 2.96. The number of esters is 1. The van der Waals surface area contributed by atoms with E-state index in [4.69, 9.17) is 12.6 Å². The van der Waals surface area contributed by atoms with Gasteiger partial charge in [0.15, 0.2) is 0 Å². The van der Waals surface area contributed by atoms with Gasteiger partial charge in [-0.3, -0.25) is 4.79 Å². The lowest BCUT2D eigenvalue weighted by Gasteiger charge is -2.11. The SMILES string of the molecule is [B]c1ccc(Oc2cccc(CC(=O)OC)c2)c(CO)c1. The van der Waals surface area contributed by atoms with Gasteiger partial charge in [0.2, 0.25) is 0 Å². The zero-order chi connectivity index (χ0) is 15.2. The maximum Gasteiger partial charge on any atom is 0.309 e. The Labute approximate surface area is 124 Å². The minimum atomic E-state index is -0.310. The summed E-state index contributed by atoms with van der Waals surface area (Å²) >= 11 is 0. The standard InChI is InChI=1S/C16H15BO4/c1-20-16(19)8-11-3-2-4-14(7-11)21-15-6-5-13(17)9-12(15)10-18/h2-7,9,18H,8,10H2,1H3. The van der Waals surface area contributed by atoms with E-state index in [0.29, 0.717) is 22.5 Å². The summed E-state index contributed by atoms with van der Waals surface area (Å²) in [7, 11) is 7.02. The van der Waals surface area contributed by atoms with Crippen molar-refractivity contribution in [2.45, 2.75) is 13.0 Å². The number of rotatable bonds is 5. The summed E-state index contributed by atoms with van der Waals surface area (Å²) in [6, 6.07) is 12.2. The molecule has 0 saturated carbocycles. The number of methoxy groups -OCH3 is 1. The average Bonchev–Trinajstić information content (AvgIpc) is 2.49. The van der Waals surface area contributed by atoms with Gasteiger partial charge in [-0.1, -0.05) is 29.7 Å². The van der Waals surface area contributed by atoms with Crippen LogP contribution in [0.4, 0.5) is 0 Å². The summed E-state index contributed by atoms with van der Waals surface area (Å²) in [5.41, 5.74) is 1.96. The van der Waals surface area contributed by atoms with Crippen LogP contribution in [-0.4, -0.2) is 26.0 Å². The molecule has 0 atom stereocenters. The van der Waals surface area contributed by atoms with E-state index in [9.17, 15) is 9.90 Å². The van der Waals surface area contributed by atoms with Gasteiger partial charge >= 0.3 is 5.97 Å². The first kappa shape index (κ1) is 15.1. The van der Waals surface area contributed by atoms with E-state index >= 15 is 0 Å². The van der Waals surface area contributed by atoms with E-state index in [-0.39, 0.29) is 19.0 Å². The van der Waals surface area contributed by atoms with Crippen LogP contribution in [0.2, 0.25) is 0 Å². The normalized spacial score (nSPS) is 10.2. The van der Waals surface area contributed by atoms with Gasteiger partial charge in [-0.15, -0.1) is 0 Å². The van der Waals surface area contributed by atoms with Gasteiger partial charge in [-0.05, 0) is 23.8 Å². The Morgan fingerprint density at radius 1 is 1.24 bits per heavy atom. The van der Waals surface area contributed by atoms with Crippen LogP contribution >= 0.6 is 0 Å². The molecular formula is C16H15BO4. The fourth-order valence-electron chi connectivity index (χ4n) is 1.91. The highest BCUT2D eigenvalue weighted by Gasteiger charge is 2.07. The second kappa shape index (κ2) is 6.95. The Bertz CT molecular complexity index is 640. The molecule has 21 heavy (non-hydrogen) atoms. The number of carbonyl (C=O) groups excluding carboxylic acids is 1. The number of ether oxygens (including phenoxy) is 2. The highest BCUT2D eigenvalue weighted by Crippen LogP contribution is 2.25. The van der Waals surface area contributed by atoms with Gasteiger partial charge in [0.05, 0.1) is 20.1 Å². The molecule has 5 heteroatoms. The molecule has 2 aromatic rings. The topological polar surface area (TPSA) is 55.8 Å². The molecule has 0 heterocycles. The molecule has 0 aliphatic carbocycles. The van der Waals surface area contributed by atoms with Crippen molar-refractivity contribution in [1.29, 1.82) is 0 Å². The van der Waals surface area contributed by atoms with Gasteiger partial charge in [0, 0.05) is 5.56 Å². The number of hydrogen-bond donors (Lipinski definition) is 1. The van der Waals surface area contributed by atoms with Crippen molar-refractivity contribution >= 4 is 19.3 Å². The molecule has 106 valence electrons. The van der Waals surface area contributed by atoms with Crippen LogP contribution in [0, 0.1) is 0 Å². The molecule has 4 nitrogen and oxygen atoms in total. The first-order valence-corrected chi connectivity index (χ1v) is 6.45. The average molecular weight is 282 g/mol. The third kappa shape index (κ3) is 4.10. The van der Waals surface area contributed by atoms with Gasteiger partial charge in [-0.25, -0.2) is 0 Å². The van der Waals surface area contributed by atoms with E-state index in [1.54, 1.807) is 36.4 Å². The zero-order valence-electron chi connectivity index (χ0n) is 11.7. The molecule has 2 rings (SSSR count). The molecule has 0 aromatic heterocycles. The summed E-state index contributed by atoms with van der Waals surface area (Å²) in [4.78, 5) is 11.3. The molecule has 0 aliphatic heterocycles. The first-order valence-electron chi connectivity index (χ1n) is 6.45. The van der Waals surface area contributed by atoms with Gasteiger partial charge in [0.25, 0.3) is 0 Å². The minimum absolute atomic E-state index is 0.164. The van der Waals surface area contributed by atoms with Crippen molar-refractivity contribution in [3.8, 4) is 11.5 Å². The van der Waals surface area contributed by atoms with E-state index < -0.39 is 0 Å². The highest BCUT2D eigenvalue weighted by molar-refractivity contribution is 6.32. The van der Waals surface area contributed by atoms with Gasteiger partial charge in [0.1, 0.15) is 19.3 Å². The van der Waals surface area contributed by atoms with Crippen LogP contribution in [0.5, 0.6) is 11.5 Å². The van der Waals surface area contributed by atoms with E-state index in [2.05, 4.69) is 4.74 Å². The maximum atomic E-state index is 11.3. The number of aliphatic hydroxyl groups is 1. The Morgan fingerprint density at radius 2 is 2.05 bits per heavy atom. The third-order valence-electron chi connectivity index (χ3n) is 2.96. The van der Waals surface area contributed by atoms with Crippen molar-refractivity contribution < 1.29 is 19.4 Å². The van der Waals surface area contributed by atoms with E-state index in [1.807, 2.05) is 6.07 Å². The molecule has 1 N–H and O–H groups in total. The van der Waals surface area contributed by atoms with Gasteiger partial charge < -0.3 is 14.6 Å². The zero-order valence-corrected chi connectivity index (χ0v) is 11.7. The van der Waals surface area contributed by atoms with Crippen molar-refractivity contribution in [1.82, 2.24) is 0 Å². The molecular weight excluding hydrogens is 267 g/mol. The molecule has 0 amide bonds. The van der Waals surface area contributed by atoms with Crippen molar-refractivity contribution in [3.05, 3.63) is 53.6 Å². The smallest absolute Gasteiger partial charge is 0.309 e. The van der Waals surface area contributed by atoms with Crippen LogP contribution in [0.15, 0.2) is 42.5 Å². The first-order chi connectivity index (χ1) is 10.1. The monoisotopic (exact) mass is 282 g/mol. The van der Waals surface area contributed by atoms with Crippen LogP contribution in [-0.2, 0) is 22.6 Å². The molecule has 0 saturated heterocycles. The van der Waals surface area contributed by atoms with Crippen molar-refractivity contribution in [2.24, 2.45) is 0 Å². The highest BCUT2D eigenvalue weighted by atomic mass is 16.5. The largest absolute Gasteiger partial charge is 0.469 e. The Kier molecular flexibility index (Phi) is 5.01. The lowest BCUT2D eigenvalue weighted by molar-refractivity contribution is -0.139. The molecule has 0 spiro atoms. The van der Waals surface area contributed by atoms with E-state index in [1.165, 1.54) is 7.11 Å². The summed E-state index contributed by atoms with van der Waals surface area (Å²) in [5, 5.41) is 9.33. The Morgan fingerprint density at radius 3 is 2.76 bits per heavy atom. The van der Waals surface area contributed by atoms with Gasteiger partial charge in [-0.2, -0.15) is 0 Å². The Hall–Kier alpha value is -2.27. The lowest BCUT2D eigenvalue weighted by atomic mass is 9.94. The van der Waals surface area contributed by atoms with Crippen LogP contribution in [0.25, 0.3) is 0 Å². The molecule has 2 aromatic carbocycles. The molecule has 2 radical (unpaired) electrons. The van der Waals surface area contributed by atoms with Crippen LogP contribution in [0.3, 0.4) is 0 Å².